The lowest BCUT2D eigenvalue weighted by Crippen LogP contribution is -2.24. The second-order valence-electron chi connectivity index (χ2n) is 6.93. The maximum absolute atomic E-state index is 6.22. The predicted molar refractivity (Wildman–Crippen MR) is 83.0 cm³/mol. The van der Waals surface area contributed by atoms with Gasteiger partial charge in [-0.15, -0.1) is 0 Å². The average Bonchev–Trinajstić information content (AvgIpc) is 2.29. The molecule has 0 aliphatic carbocycles. The first-order valence-electron chi connectivity index (χ1n) is 6.85. The molecular weight excluding hydrogens is 258 g/mol. The molecule has 0 bridgehead atoms. The second-order valence-corrected chi connectivity index (χ2v) is 7.29. The van der Waals surface area contributed by atoms with Crippen LogP contribution in [0.25, 0.3) is 0 Å². The summed E-state index contributed by atoms with van der Waals surface area (Å²) in [5.74, 6) is 1.63. The van der Waals surface area contributed by atoms with Gasteiger partial charge >= 0.3 is 0 Å². The van der Waals surface area contributed by atoms with E-state index in [4.69, 9.17) is 11.6 Å². The molecule has 1 heterocycles. The molecule has 19 heavy (non-hydrogen) atoms. The Bertz CT molecular complexity index is 447. The molecule has 0 aliphatic heterocycles. The van der Waals surface area contributed by atoms with Gasteiger partial charge in [0.25, 0.3) is 0 Å². The Morgan fingerprint density at radius 1 is 1.11 bits per heavy atom. The number of anilines is 1. The van der Waals surface area contributed by atoms with Crippen LogP contribution in [0.4, 0.5) is 5.82 Å². The van der Waals surface area contributed by atoms with Crippen molar-refractivity contribution >= 4 is 17.4 Å². The van der Waals surface area contributed by atoms with Crippen molar-refractivity contribution in [2.75, 3.05) is 11.9 Å². The van der Waals surface area contributed by atoms with Crippen LogP contribution in [0.5, 0.6) is 0 Å². The van der Waals surface area contributed by atoms with Crippen LogP contribution in [0.3, 0.4) is 0 Å². The van der Waals surface area contributed by atoms with Crippen molar-refractivity contribution in [3.63, 3.8) is 0 Å². The smallest absolute Gasteiger partial charge is 0.137 e. The molecule has 0 fully saturated rings. The Hall–Kier alpha value is -0.830. The fraction of sp³-hybridized carbons (Fsp3) is 0.733. The number of hydrogen-bond acceptors (Lipinski definition) is 3. The van der Waals surface area contributed by atoms with Gasteiger partial charge in [0.2, 0.25) is 0 Å². The number of nitrogens with one attached hydrogen (secondary N) is 1. The summed E-state index contributed by atoms with van der Waals surface area (Å²) in [5, 5.41) is 3.96. The van der Waals surface area contributed by atoms with E-state index in [9.17, 15) is 0 Å². The zero-order chi connectivity index (χ0) is 14.8. The highest BCUT2D eigenvalue weighted by molar-refractivity contribution is 6.30. The minimum atomic E-state index is -0.103. The third kappa shape index (κ3) is 4.34. The SMILES string of the molecule is CCC(C)(C)CNc1nc(C(C)(C)C)nc(Cl)c1C. The molecule has 0 atom stereocenters. The number of aromatic nitrogens is 2. The van der Waals surface area contributed by atoms with Crippen molar-refractivity contribution < 1.29 is 0 Å². The van der Waals surface area contributed by atoms with E-state index in [1.807, 2.05) is 6.92 Å². The minimum absolute atomic E-state index is 0.103. The first kappa shape index (κ1) is 16.2. The lowest BCUT2D eigenvalue weighted by atomic mass is 9.90. The Morgan fingerprint density at radius 3 is 2.16 bits per heavy atom. The van der Waals surface area contributed by atoms with Crippen molar-refractivity contribution in [2.24, 2.45) is 5.41 Å². The van der Waals surface area contributed by atoms with Crippen LogP contribution in [0.2, 0.25) is 5.15 Å². The van der Waals surface area contributed by atoms with Gasteiger partial charge < -0.3 is 5.32 Å². The number of halogens is 1. The maximum atomic E-state index is 6.22. The standard InChI is InChI=1S/C15H26ClN3/c1-8-15(6,7)9-17-12-10(2)11(16)18-13(19-12)14(3,4)5/h8-9H2,1-7H3,(H,17,18,19). The summed E-state index contributed by atoms with van der Waals surface area (Å²) in [6.45, 7) is 15.8. The molecule has 1 aromatic heterocycles. The van der Waals surface area contributed by atoms with Crippen LogP contribution in [0.15, 0.2) is 0 Å². The molecule has 1 N–H and O–H groups in total. The molecule has 3 nitrogen and oxygen atoms in total. The van der Waals surface area contributed by atoms with Crippen molar-refractivity contribution in [1.82, 2.24) is 9.97 Å². The van der Waals surface area contributed by atoms with Crippen molar-refractivity contribution in [3.8, 4) is 0 Å². The van der Waals surface area contributed by atoms with E-state index >= 15 is 0 Å². The summed E-state index contributed by atoms with van der Waals surface area (Å²) in [7, 11) is 0. The van der Waals surface area contributed by atoms with E-state index < -0.39 is 0 Å². The van der Waals surface area contributed by atoms with Crippen LogP contribution in [-0.4, -0.2) is 16.5 Å². The summed E-state index contributed by atoms with van der Waals surface area (Å²) in [5.41, 5.74) is 1.06. The van der Waals surface area contributed by atoms with E-state index in [0.717, 1.165) is 30.2 Å². The number of hydrogen-bond donors (Lipinski definition) is 1. The van der Waals surface area contributed by atoms with E-state index in [2.05, 4.69) is 56.8 Å². The van der Waals surface area contributed by atoms with E-state index in [1.54, 1.807) is 0 Å². The van der Waals surface area contributed by atoms with Crippen LogP contribution in [-0.2, 0) is 5.41 Å². The molecule has 108 valence electrons. The molecule has 0 unspecified atom stereocenters. The zero-order valence-corrected chi connectivity index (χ0v) is 13.9. The molecule has 1 aromatic rings. The summed E-state index contributed by atoms with van der Waals surface area (Å²) in [6, 6.07) is 0. The predicted octanol–water partition coefficient (Wildman–Crippen LogP) is 4.58. The molecule has 4 heteroatoms. The fourth-order valence-corrected chi connectivity index (χ4v) is 1.61. The lowest BCUT2D eigenvalue weighted by Gasteiger charge is -2.25. The molecule has 1 rings (SSSR count). The Balaban J connectivity index is 3.04. The zero-order valence-electron chi connectivity index (χ0n) is 13.2. The van der Waals surface area contributed by atoms with Crippen LogP contribution < -0.4 is 5.32 Å². The topological polar surface area (TPSA) is 37.8 Å². The fourth-order valence-electron chi connectivity index (χ4n) is 1.44. The van der Waals surface area contributed by atoms with Gasteiger partial charge in [-0.05, 0) is 18.8 Å². The molecule has 0 aliphatic rings. The Morgan fingerprint density at radius 2 is 1.68 bits per heavy atom. The van der Waals surface area contributed by atoms with Gasteiger partial charge in [0.15, 0.2) is 0 Å². The molecular formula is C15H26ClN3. The largest absolute Gasteiger partial charge is 0.369 e. The van der Waals surface area contributed by atoms with Gasteiger partial charge in [0, 0.05) is 17.5 Å². The normalized spacial score (nSPS) is 12.6. The third-order valence-corrected chi connectivity index (χ3v) is 3.82. The van der Waals surface area contributed by atoms with Gasteiger partial charge in [-0.2, -0.15) is 0 Å². The first-order valence-corrected chi connectivity index (χ1v) is 7.23. The van der Waals surface area contributed by atoms with E-state index in [0.29, 0.717) is 5.15 Å². The van der Waals surface area contributed by atoms with Crippen LogP contribution >= 0.6 is 11.6 Å². The maximum Gasteiger partial charge on any atom is 0.137 e. The van der Waals surface area contributed by atoms with Crippen LogP contribution in [0, 0.1) is 12.3 Å². The van der Waals surface area contributed by atoms with Crippen LogP contribution in [0.1, 0.15) is 59.4 Å². The van der Waals surface area contributed by atoms with Crippen molar-refractivity contribution in [2.45, 2.75) is 60.3 Å². The second kappa shape index (κ2) is 5.66. The van der Waals surface area contributed by atoms with Gasteiger partial charge in [-0.25, -0.2) is 9.97 Å². The highest BCUT2D eigenvalue weighted by Gasteiger charge is 2.22. The molecule has 0 amide bonds. The summed E-state index contributed by atoms with van der Waals surface area (Å²) >= 11 is 6.22. The van der Waals surface area contributed by atoms with Crippen molar-refractivity contribution in [1.29, 1.82) is 0 Å². The molecule has 0 spiro atoms. The Kier molecular flexibility index (Phi) is 4.83. The average molecular weight is 284 g/mol. The van der Waals surface area contributed by atoms with Gasteiger partial charge in [0.1, 0.15) is 16.8 Å². The first-order chi connectivity index (χ1) is 8.57. The summed E-state index contributed by atoms with van der Waals surface area (Å²) < 4.78 is 0. The van der Waals surface area contributed by atoms with E-state index in [1.165, 1.54) is 0 Å². The van der Waals surface area contributed by atoms with E-state index in [-0.39, 0.29) is 10.8 Å². The molecule has 0 saturated heterocycles. The molecule has 0 saturated carbocycles. The van der Waals surface area contributed by atoms with Gasteiger partial charge in [-0.1, -0.05) is 53.1 Å². The molecule has 0 aromatic carbocycles. The third-order valence-electron chi connectivity index (χ3n) is 3.45. The number of nitrogens with zero attached hydrogens (tertiary/aromatic N) is 2. The summed E-state index contributed by atoms with van der Waals surface area (Å²) in [4.78, 5) is 9.02. The van der Waals surface area contributed by atoms with Crippen molar-refractivity contribution in [3.05, 3.63) is 16.5 Å². The molecule has 0 radical (unpaired) electrons. The highest BCUT2D eigenvalue weighted by atomic mass is 35.5. The van der Waals surface area contributed by atoms with Gasteiger partial charge in [0.05, 0.1) is 0 Å². The highest BCUT2D eigenvalue weighted by Crippen LogP contribution is 2.27. The lowest BCUT2D eigenvalue weighted by molar-refractivity contribution is 0.376. The quantitative estimate of drug-likeness (QED) is 0.822. The number of rotatable bonds is 4. The van der Waals surface area contributed by atoms with Gasteiger partial charge in [-0.3, -0.25) is 0 Å². The minimum Gasteiger partial charge on any atom is -0.369 e. The Labute approximate surface area is 122 Å². The monoisotopic (exact) mass is 283 g/mol. The summed E-state index contributed by atoms with van der Waals surface area (Å²) in [6.07, 6.45) is 1.12.